The quantitative estimate of drug-likeness (QED) is 0.894. The molecule has 0 bridgehead atoms. The molecule has 0 radical (unpaired) electrons. The Morgan fingerprint density at radius 1 is 1.25 bits per heavy atom. The van der Waals surface area contributed by atoms with Gasteiger partial charge in [-0.3, -0.25) is 9.59 Å². The number of benzene rings is 1. The molecule has 1 aromatic heterocycles. The molecule has 0 aliphatic rings. The van der Waals surface area contributed by atoms with Crippen molar-refractivity contribution in [3.05, 3.63) is 29.6 Å². The van der Waals surface area contributed by atoms with Crippen LogP contribution in [0.4, 0.5) is 13.2 Å². The monoisotopic (exact) mass is 343 g/mol. The fourth-order valence-electron chi connectivity index (χ4n) is 2.30. The van der Waals surface area contributed by atoms with Crippen molar-refractivity contribution in [1.29, 1.82) is 0 Å². The number of aliphatic carboxylic acids is 1. The van der Waals surface area contributed by atoms with Gasteiger partial charge in [-0.25, -0.2) is 4.98 Å². The Labute approximate surface area is 135 Å². The molecule has 0 saturated heterocycles. The van der Waals surface area contributed by atoms with E-state index in [1.807, 2.05) is 0 Å². The van der Waals surface area contributed by atoms with Gasteiger partial charge in [0.15, 0.2) is 0 Å². The number of nitrogens with zero attached hydrogens (tertiary/aromatic N) is 2. The molecule has 0 fully saturated rings. The van der Waals surface area contributed by atoms with E-state index in [1.54, 1.807) is 13.8 Å². The van der Waals surface area contributed by atoms with Gasteiger partial charge in [0.05, 0.1) is 11.0 Å². The normalized spacial score (nSPS) is 13.3. The maximum absolute atomic E-state index is 13.1. The lowest BCUT2D eigenvalue weighted by molar-refractivity contribution is -0.147. The Morgan fingerprint density at radius 3 is 2.38 bits per heavy atom. The predicted molar refractivity (Wildman–Crippen MR) is 79.7 cm³/mol. The number of nitrogens with one attached hydrogen (secondary N) is 1. The van der Waals surface area contributed by atoms with Gasteiger partial charge in [0, 0.05) is 11.6 Å². The van der Waals surface area contributed by atoms with E-state index in [2.05, 4.69) is 10.3 Å². The molecule has 0 aliphatic carbocycles. The summed E-state index contributed by atoms with van der Waals surface area (Å²) in [6.07, 6.45) is -4.62. The summed E-state index contributed by atoms with van der Waals surface area (Å²) in [5, 5.41) is 11.0. The Balaban J connectivity index is 2.49. The molecule has 0 aliphatic heterocycles. The van der Waals surface area contributed by atoms with Crippen molar-refractivity contribution < 1.29 is 27.9 Å². The molecule has 1 atom stereocenters. The average Bonchev–Trinajstić information content (AvgIpc) is 2.85. The van der Waals surface area contributed by atoms with E-state index < -0.39 is 36.0 Å². The molecule has 6 nitrogen and oxygen atoms in total. The summed E-state index contributed by atoms with van der Waals surface area (Å²) < 4.78 is 40.5. The van der Waals surface area contributed by atoms with Crippen molar-refractivity contribution >= 4 is 22.9 Å². The molecule has 130 valence electrons. The molecule has 0 unspecified atom stereocenters. The van der Waals surface area contributed by atoms with Gasteiger partial charge in [-0.05, 0) is 39.0 Å². The first-order valence-electron chi connectivity index (χ1n) is 7.15. The number of carboxylic acid groups (broad SMARTS) is 1. The van der Waals surface area contributed by atoms with E-state index in [-0.39, 0.29) is 16.6 Å². The molecule has 24 heavy (non-hydrogen) atoms. The largest absolute Gasteiger partial charge is 0.480 e. The number of aromatic nitrogens is 2. The van der Waals surface area contributed by atoms with Crippen molar-refractivity contribution in [1.82, 2.24) is 14.9 Å². The summed E-state index contributed by atoms with van der Waals surface area (Å²) >= 11 is 0. The standard InChI is InChI=1S/C15H16F3N3O3/c1-7(2)21-11-5-4-9(12(22)19-8(3)13(23)24)6-10(11)20-14(21)15(16,17)18/h4-8H,1-3H3,(H,19,22)(H,23,24)/t8-/m1/s1. The van der Waals surface area contributed by atoms with Crippen LogP contribution in [0.15, 0.2) is 18.2 Å². The molecule has 0 spiro atoms. The second-order valence-electron chi connectivity index (χ2n) is 5.63. The second kappa shape index (κ2) is 6.14. The van der Waals surface area contributed by atoms with Gasteiger partial charge < -0.3 is 15.0 Å². The van der Waals surface area contributed by atoms with Gasteiger partial charge >= 0.3 is 12.1 Å². The zero-order chi connectivity index (χ0) is 18.2. The van der Waals surface area contributed by atoms with Gasteiger partial charge in [-0.1, -0.05) is 0 Å². The molecule has 2 rings (SSSR count). The van der Waals surface area contributed by atoms with E-state index >= 15 is 0 Å². The van der Waals surface area contributed by atoms with Crippen LogP contribution in [0, 0.1) is 0 Å². The van der Waals surface area contributed by atoms with Gasteiger partial charge in [-0.2, -0.15) is 13.2 Å². The average molecular weight is 343 g/mol. The molecule has 2 N–H and O–H groups in total. The zero-order valence-corrected chi connectivity index (χ0v) is 13.2. The van der Waals surface area contributed by atoms with Gasteiger partial charge in [0.25, 0.3) is 5.91 Å². The summed E-state index contributed by atoms with van der Waals surface area (Å²) in [5.74, 6) is -2.95. The van der Waals surface area contributed by atoms with Crippen LogP contribution < -0.4 is 5.32 Å². The zero-order valence-electron chi connectivity index (χ0n) is 13.2. The number of carbonyl (C=O) groups is 2. The third kappa shape index (κ3) is 3.34. The number of halogens is 3. The molecule has 1 aromatic carbocycles. The summed E-state index contributed by atoms with van der Waals surface area (Å²) in [5.41, 5.74) is 0.310. The first kappa shape index (κ1) is 17.8. The Bertz CT molecular complexity index is 796. The highest BCUT2D eigenvalue weighted by molar-refractivity contribution is 5.99. The van der Waals surface area contributed by atoms with E-state index in [1.165, 1.54) is 25.1 Å². The maximum atomic E-state index is 13.1. The lowest BCUT2D eigenvalue weighted by Gasteiger charge is -2.14. The molecule has 1 heterocycles. The number of fused-ring (bicyclic) bond motifs is 1. The number of imidazole rings is 1. The number of rotatable bonds is 4. The van der Waals surface area contributed by atoms with Crippen LogP contribution in [0.3, 0.4) is 0 Å². The predicted octanol–water partition coefficient (Wildman–Crippen LogP) is 2.84. The number of carbonyl (C=O) groups excluding carboxylic acids is 1. The Morgan fingerprint density at radius 2 is 1.88 bits per heavy atom. The SMILES string of the molecule is CC(C)n1c(C(F)(F)F)nc2cc(C(=O)N[C@H](C)C(=O)O)ccc21. The lowest BCUT2D eigenvalue weighted by atomic mass is 10.1. The minimum absolute atomic E-state index is 0.0200. The van der Waals surface area contributed by atoms with Crippen molar-refractivity contribution in [2.24, 2.45) is 0 Å². The molecular formula is C15H16F3N3O3. The van der Waals surface area contributed by atoms with Crippen molar-refractivity contribution in [3.8, 4) is 0 Å². The maximum Gasteiger partial charge on any atom is 0.449 e. The van der Waals surface area contributed by atoms with Crippen molar-refractivity contribution in [3.63, 3.8) is 0 Å². The number of hydrogen-bond acceptors (Lipinski definition) is 3. The van der Waals surface area contributed by atoms with Crippen LogP contribution in [0.1, 0.15) is 43.0 Å². The van der Waals surface area contributed by atoms with Crippen molar-refractivity contribution in [2.45, 2.75) is 39.0 Å². The first-order chi connectivity index (χ1) is 11.0. The lowest BCUT2D eigenvalue weighted by Crippen LogP contribution is -2.38. The van der Waals surface area contributed by atoms with Crippen molar-refractivity contribution in [2.75, 3.05) is 0 Å². The summed E-state index contributed by atoms with van der Waals surface area (Å²) in [6.45, 7) is 4.49. The fraction of sp³-hybridized carbons (Fsp3) is 0.400. The van der Waals surface area contributed by atoms with Gasteiger partial charge in [-0.15, -0.1) is 0 Å². The molecule has 2 aromatic rings. The number of hydrogen-bond donors (Lipinski definition) is 2. The fourth-order valence-corrected chi connectivity index (χ4v) is 2.30. The Kier molecular flexibility index (Phi) is 4.54. The summed E-state index contributed by atoms with van der Waals surface area (Å²) in [4.78, 5) is 26.4. The van der Waals surface area contributed by atoms with E-state index in [0.29, 0.717) is 0 Å². The molecular weight excluding hydrogens is 327 g/mol. The number of carboxylic acids is 1. The van der Waals surface area contributed by atoms with E-state index in [4.69, 9.17) is 5.11 Å². The molecule has 9 heteroatoms. The van der Waals surface area contributed by atoms with Crippen LogP contribution in [-0.4, -0.2) is 32.6 Å². The summed E-state index contributed by atoms with van der Waals surface area (Å²) in [7, 11) is 0. The number of alkyl halides is 3. The third-order valence-corrected chi connectivity index (χ3v) is 3.44. The van der Waals surface area contributed by atoms with Crippen LogP contribution in [0.5, 0.6) is 0 Å². The highest BCUT2D eigenvalue weighted by atomic mass is 19.4. The third-order valence-electron chi connectivity index (χ3n) is 3.44. The highest BCUT2D eigenvalue weighted by Crippen LogP contribution is 2.33. The topological polar surface area (TPSA) is 84.2 Å². The summed E-state index contributed by atoms with van der Waals surface area (Å²) in [6, 6.07) is 2.34. The second-order valence-corrected chi connectivity index (χ2v) is 5.63. The van der Waals surface area contributed by atoms with Crippen LogP contribution in [-0.2, 0) is 11.0 Å². The van der Waals surface area contributed by atoms with Crippen LogP contribution >= 0.6 is 0 Å². The van der Waals surface area contributed by atoms with E-state index in [9.17, 15) is 22.8 Å². The Hall–Kier alpha value is -2.58. The van der Waals surface area contributed by atoms with E-state index in [0.717, 1.165) is 4.57 Å². The van der Waals surface area contributed by atoms with Gasteiger partial charge in [0.2, 0.25) is 5.82 Å². The molecule has 1 amide bonds. The van der Waals surface area contributed by atoms with Gasteiger partial charge in [0.1, 0.15) is 6.04 Å². The minimum atomic E-state index is -4.62. The first-order valence-corrected chi connectivity index (χ1v) is 7.15. The molecule has 0 saturated carbocycles. The van der Waals surface area contributed by atoms with Crippen LogP contribution in [0.25, 0.3) is 11.0 Å². The highest BCUT2D eigenvalue weighted by Gasteiger charge is 2.38. The number of amides is 1. The minimum Gasteiger partial charge on any atom is -0.480 e. The smallest absolute Gasteiger partial charge is 0.449 e. The van der Waals surface area contributed by atoms with Crippen LogP contribution in [0.2, 0.25) is 0 Å².